The molecule has 12 heteroatoms. The highest BCUT2D eigenvalue weighted by atomic mass is 16.6. The Morgan fingerprint density at radius 1 is 0.757 bits per heavy atom. The summed E-state index contributed by atoms with van der Waals surface area (Å²) >= 11 is 0. The third kappa shape index (κ3) is 6.57. The van der Waals surface area contributed by atoms with Gasteiger partial charge in [0, 0.05) is 25.0 Å². The van der Waals surface area contributed by atoms with Gasteiger partial charge in [-0.05, 0) is 47.5 Å². The van der Waals surface area contributed by atoms with E-state index >= 15 is 0 Å². The Bertz CT molecular complexity index is 1240. The molecule has 0 aliphatic heterocycles. The number of aliphatic hydroxyl groups is 2. The van der Waals surface area contributed by atoms with Gasteiger partial charge in [0.05, 0.1) is 12.2 Å². The zero-order valence-electron chi connectivity index (χ0n) is 19.1. The van der Waals surface area contributed by atoms with Gasteiger partial charge in [0.25, 0.3) is 0 Å². The molecule has 2 aromatic carbocycles. The second-order valence-electron chi connectivity index (χ2n) is 8.33. The average Bonchev–Trinajstić information content (AvgIpc) is 2.83. The number of aromatic hydroxyl groups is 4. The smallest absolute Gasteiger partial charge is 0.348 e. The van der Waals surface area contributed by atoms with E-state index in [2.05, 4.69) is 0 Å². The fourth-order valence-electron chi connectivity index (χ4n) is 3.72. The SMILES string of the molecule is O=C(/C=C\c1ccc(O)c(O)c1)OC1[C@H](O)CC(OC(=O)/C=C/c2ccc(O)c(O)c2)(C(=O)O)C[C@@H]1O. The Hall–Kier alpha value is -4.55. The van der Waals surface area contributed by atoms with E-state index in [1.807, 2.05) is 0 Å². The molecule has 0 aromatic heterocycles. The Morgan fingerprint density at radius 2 is 1.22 bits per heavy atom. The van der Waals surface area contributed by atoms with Crippen molar-refractivity contribution in [3.8, 4) is 23.0 Å². The van der Waals surface area contributed by atoms with Crippen molar-refractivity contribution in [2.24, 2.45) is 0 Å². The molecule has 1 fully saturated rings. The summed E-state index contributed by atoms with van der Waals surface area (Å²) in [6.07, 6.45) is -2.07. The molecule has 2 unspecified atom stereocenters. The topological polar surface area (TPSA) is 211 Å². The van der Waals surface area contributed by atoms with Crippen molar-refractivity contribution in [1.29, 1.82) is 0 Å². The Labute approximate surface area is 209 Å². The first kappa shape index (κ1) is 27.0. The highest BCUT2D eigenvalue weighted by Crippen LogP contribution is 2.35. The van der Waals surface area contributed by atoms with E-state index < -0.39 is 66.2 Å². The number of esters is 2. The molecule has 1 aliphatic carbocycles. The van der Waals surface area contributed by atoms with Crippen LogP contribution in [0.15, 0.2) is 48.6 Å². The number of benzene rings is 2. The summed E-state index contributed by atoms with van der Waals surface area (Å²) in [7, 11) is 0. The molecule has 0 radical (unpaired) electrons. The maximum Gasteiger partial charge on any atom is 0.348 e. The van der Waals surface area contributed by atoms with Crippen LogP contribution in [0.5, 0.6) is 23.0 Å². The number of hydrogen-bond donors (Lipinski definition) is 7. The Kier molecular flexibility index (Phi) is 8.05. The van der Waals surface area contributed by atoms with Gasteiger partial charge in [-0.2, -0.15) is 0 Å². The van der Waals surface area contributed by atoms with Gasteiger partial charge in [-0.3, -0.25) is 0 Å². The Morgan fingerprint density at radius 3 is 1.65 bits per heavy atom. The number of phenols is 4. The van der Waals surface area contributed by atoms with Crippen molar-refractivity contribution < 1.29 is 59.6 Å². The number of phenolic OH excluding ortho intramolecular Hbond substituents is 4. The number of carbonyl (C=O) groups excluding carboxylic acids is 2. The van der Waals surface area contributed by atoms with E-state index in [4.69, 9.17) is 9.47 Å². The number of aliphatic hydroxyl groups excluding tert-OH is 2. The molecule has 37 heavy (non-hydrogen) atoms. The zero-order valence-corrected chi connectivity index (χ0v) is 19.1. The molecule has 1 aliphatic rings. The van der Waals surface area contributed by atoms with Gasteiger partial charge < -0.3 is 45.2 Å². The molecule has 0 bridgehead atoms. The van der Waals surface area contributed by atoms with Crippen LogP contribution in [-0.4, -0.2) is 77.6 Å². The molecule has 12 nitrogen and oxygen atoms in total. The summed E-state index contributed by atoms with van der Waals surface area (Å²) in [6.45, 7) is 0. The second kappa shape index (κ2) is 11.0. The predicted molar refractivity (Wildman–Crippen MR) is 125 cm³/mol. The first-order valence-corrected chi connectivity index (χ1v) is 10.8. The van der Waals surface area contributed by atoms with Crippen LogP contribution in [0.2, 0.25) is 0 Å². The van der Waals surface area contributed by atoms with Gasteiger partial charge in [0.2, 0.25) is 5.60 Å². The molecule has 196 valence electrons. The summed E-state index contributed by atoms with van der Waals surface area (Å²) in [6, 6.07) is 7.48. The standard InChI is InChI=1S/C25H24O12/c26-15-5-1-13(9-17(15)28)3-7-21(32)36-23-19(30)11-25(24(34)35,12-20(23)31)37-22(33)8-4-14-2-6-16(27)18(29)10-14/h1-10,19-20,23,26-31H,11-12H2,(H,34,35)/b7-3-,8-4+/t19-,20+,23?,25?. The lowest BCUT2D eigenvalue weighted by Crippen LogP contribution is -2.58. The monoisotopic (exact) mass is 516 g/mol. The molecule has 1 saturated carbocycles. The zero-order chi connectivity index (χ0) is 27.3. The van der Waals surface area contributed by atoms with Crippen molar-refractivity contribution in [3.05, 3.63) is 59.7 Å². The van der Waals surface area contributed by atoms with E-state index in [1.165, 1.54) is 42.5 Å². The van der Waals surface area contributed by atoms with Crippen molar-refractivity contribution in [1.82, 2.24) is 0 Å². The van der Waals surface area contributed by atoms with Crippen LogP contribution < -0.4 is 0 Å². The third-order valence-corrected chi connectivity index (χ3v) is 5.60. The van der Waals surface area contributed by atoms with E-state index in [9.17, 15) is 50.1 Å². The van der Waals surface area contributed by atoms with Crippen molar-refractivity contribution >= 4 is 30.1 Å². The van der Waals surface area contributed by atoms with Crippen LogP contribution in [0, 0.1) is 0 Å². The number of rotatable bonds is 7. The summed E-state index contributed by atoms with van der Waals surface area (Å²) in [5, 5.41) is 68.3. The number of carboxylic acid groups (broad SMARTS) is 1. The van der Waals surface area contributed by atoms with Gasteiger partial charge in [0.1, 0.15) is 0 Å². The van der Waals surface area contributed by atoms with E-state index in [1.54, 1.807) is 0 Å². The number of ether oxygens (including phenoxy) is 2. The lowest BCUT2D eigenvalue weighted by Gasteiger charge is -2.41. The first-order chi connectivity index (χ1) is 17.4. The van der Waals surface area contributed by atoms with Gasteiger partial charge in [-0.25, -0.2) is 14.4 Å². The summed E-state index contributed by atoms with van der Waals surface area (Å²) in [4.78, 5) is 36.4. The molecule has 0 heterocycles. The molecule has 3 rings (SSSR count). The van der Waals surface area contributed by atoms with E-state index in [0.29, 0.717) is 11.1 Å². The predicted octanol–water partition coefficient (Wildman–Crippen LogP) is 1.03. The van der Waals surface area contributed by atoms with Gasteiger partial charge in [-0.1, -0.05) is 12.1 Å². The van der Waals surface area contributed by atoms with Crippen LogP contribution in [0.4, 0.5) is 0 Å². The van der Waals surface area contributed by atoms with Crippen LogP contribution in [-0.2, 0) is 23.9 Å². The highest BCUT2D eigenvalue weighted by Gasteiger charge is 2.54. The molecular weight excluding hydrogens is 492 g/mol. The van der Waals surface area contributed by atoms with Gasteiger partial charge >= 0.3 is 17.9 Å². The molecule has 2 aromatic rings. The summed E-state index contributed by atoms with van der Waals surface area (Å²) in [5.74, 6) is -5.32. The third-order valence-electron chi connectivity index (χ3n) is 5.60. The van der Waals surface area contributed by atoms with E-state index in [0.717, 1.165) is 18.2 Å². The molecular formula is C25H24O12. The molecule has 0 amide bonds. The minimum absolute atomic E-state index is 0.294. The molecule has 0 spiro atoms. The molecule has 0 saturated heterocycles. The highest BCUT2D eigenvalue weighted by molar-refractivity contribution is 5.91. The lowest BCUT2D eigenvalue weighted by atomic mass is 9.79. The fourth-order valence-corrected chi connectivity index (χ4v) is 3.72. The number of hydrogen-bond acceptors (Lipinski definition) is 11. The van der Waals surface area contributed by atoms with Crippen LogP contribution in [0.3, 0.4) is 0 Å². The second-order valence-corrected chi connectivity index (χ2v) is 8.33. The van der Waals surface area contributed by atoms with Crippen LogP contribution in [0.1, 0.15) is 24.0 Å². The maximum atomic E-state index is 12.3. The number of aliphatic carboxylic acids is 1. The quantitative estimate of drug-likeness (QED) is 0.156. The Balaban J connectivity index is 1.66. The number of carbonyl (C=O) groups is 3. The fraction of sp³-hybridized carbons (Fsp3) is 0.240. The maximum absolute atomic E-state index is 12.3. The molecule has 7 N–H and O–H groups in total. The first-order valence-electron chi connectivity index (χ1n) is 10.8. The van der Waals surface area contributed by atoms with Crippen molar-refractivity contribution in [2.75, 3.05) is 0 Å². The van der Waals surface area contributed by atoms with Crippen molar-refractivity contribution in [3.63, 3.8) is 0 Å². The van der Waals surface area contributed by atoms with Crippen LogP contribution in [0.25, 0.3) is 12.2 Å². The number of carboxylic acids is 1. The minimum Gasteiger partial charge on any atom is -0.504 e. The minimum atomic E-state index is -2.32. The summed E-state index contributed by atoms with van der Waals surface area (Å²) < 4.78 is 10.1. The van der Waals surface area contributed by atoms with Crippen LogP contribution >= 0.6 is 0 Å². The van der Waals surface area contributed by atoms with Gasteiger partial charge in [-0.15, -0.1) is 0 Å². The molecule has 4 atom stereocenters. The normalized spacial score (nSPS) is 23.7. The largest absolute Gasteiger partial charge is 0.504 e. The lowest BCUT2D eigenvalue weighted by molar-refractivity contribution is -0.207. The van der Waals surface area contributed by atoms with E-state index in [-0.39, 0.29) is 11.5 Å². The summed E-state index contributed by atoms with van der Waals surface area (Å²) in [5.41, 5.74) is -1.69. The van der Waals surface area contributed by atoms with Gasteiger partial charge in [0.15, 0.2) is 29.1 Å². The average molecular weight is 516 g/mol. The van der Waals surface area contributed by atoms with Crippen molar-refractivity contribution in [2.45, 2.75) is 36.8 Å².